The molecule has 2 fully saturated rings. The fourth-order valence-electron chi connectivity index (χ4n) is 3.42. The van der Waals surface area contributed by atoms with Gasteiger partial charge in [0.15, 0.2) is 0 Å². The predicted octanol–water partition coefficient (Wildman–Crippen LogP) is 3.14. The summed E-state index contributed by atoms with van der Waals surface area (Å²) in [6.07, 6.45) is 3.65. The van der Waals surface area contributed by atoms with E-state index in [-0.39, 0.29) is 6.04 Å². The molecule has 2 saturated heterocycles. The summed E-state index contributed by atoms with van der Waals surface area (Å²) in [5.41, 5.74) is 0.225. The van der Waals surface area contributed by atoms with E-state index in [9.17, 15) is 5.11 Å². The number of fused-ring (bicyclic) bond motifs is 1. The lowest BCUT2D eigenvalue weighted by Gasteiger charge is -2.30. The first-order valence-corrected chi connectivity index (χ1v) is 7.25. The van der Waals surface area contributed by atoms with E-state index in [0.717, 1.165) is 31.5 Å². The van der Waals surface area contributed by atoms with Crippen molar-refractivity contribution in [2.75, 3.05) is 13.1 Å². The first-order chi connectivity index (χ1) is 8.60. The van der Waals surface area contributed by atoms with Crippen LogP contribution in [0.4, 0.5) is 0 Å². The largest absolute Gasteiger partial charge is 0.388 e. The molecule has 0 spiro atoms. The summed E-state index contributed by atoms with van der Waals surface area (Å²) in [5.74, 6) is 0. The summed E-state index contributed by atoms with van der Waals surface area (Å²) in [5, 5.41) is 12.2. The molecular formula is C14H17Cl2NO. The van der Waals surface area contributed by atoms with Gasteiger partial charge in [-0.1, -0.05) is 29.3 Å². The Bertz CT molecular complexity index is 445. The van der Waals surface area contributed by atoms with Gasteiger partial charge in [0.2, 0.25) is 0 Å². The molecule has 2 aliphatic heterocycles. The second kappa shape index (κ2) is 4.68. The lowest BCUT2D eigenvalue weighted by atomic mass is 9.86. The van der Waals surface area contributed by atoms with E-state index in [1.165, 1.54) is 6.42 Å². The van der Waals surface area contributed by atoms with Crippen LogP contribution in [0, 0.1) is 0 Å². The van der Waals surface area contributed by atoms with Crippen LogP contribution in [-0.2, 0) is 6.42 Å². The maximum Gasteiger partial charge on any atom is 0.0855 e. The second-order valence-corrected chi connectivity index (χ2v) is 6.24. The molecule has 0 aromatic heterocycles. The van der Waals surface area contributed by atoms with Gasteiger partial charge in [-0.3, -0.25) is 4.90 Å². The quantitative estimate of drug-likeness (QED) is 0.903. The Kier molecular flexibility index (Phi) is 3.31. The van der Waals surface area contributed by atoms with Crippen LogP contribution in [0.2, 0.25) is 10.0 Å². The molecule has 4 heteroatoms. The average Bonchev–Trinajstić information content (AvgIpc) is 2.90. The lowest BCUT2D eigenvalue weighted by Crippen LogP contribution is -2.43. The van der Waals surface area contributed by atoms with Crippen molar-refractivity contribution < 1.29 is 5.11 Å². The summed E-state index contributed by atoms with van der Waals surface area (Å²) in [6, 6.07) is 5.81. The highest BCUT2D eigenvalue weighted by molar-refractivity contribution is 6.36. The normalized spacial score (nSPS) is 31.8. The first-order valence-electron chi connectivity index (χ1n) is 6.49. The molecule has 0 aliphatic carbocycles. The van der Waals surface area contributed by atoms with Crippen molar-refractivity contribution in [1.82, 2.24) is 4.90 Å². The third-order valence-corrected chi connectivity index (χ3v) is 5.07. The molecule has 2 heterocycles. The number of benzene rings is 1. The van der Waals surface area contributed by atoms with Crippen molar-refractivity contribution in [1.29, 1.82) is 0 Å². The Labute approximate surface area is 117 Å². The van der Waals surface area contributed by atoms with E-state index < -0.39 is 5.60 Å². The van der Waals surface area contributed by atoms with Crippen LogP contribution in [0.5, 0.6) is 0 Å². The van der Waals surface area contributed by atoms with E-state index in [4.69, 9.17) is 23.2 Å². The van der Waals surface area contributed by atoms with E-state index >= 15 is 0 Å². The standard InChI is InChI=1S/C14H17Cl2NO/c15-11-3-1-4-12(16)10(11)9-14(18)6-8-17-7-2-5-13(14)17/h1,3-4,13,18H,2,5-9H2. The zero-order valence-electron chi connectivity index (χ0n) is 10.2. The topological polar surface area (TPSA) is 23.5 Å². The number of aliphatic hydroxyl groups is 1. The minimum atomic E-state index is -0.662. The van der Waals surface area contributed by atoms with Gasteiger partial charge in [-0.15, -0.1) is 0 Å². The molecule has 1 aromatic carbocycles. The van der Waals surface area contributed by atoms with Crippen LogP contribution >= 0.6 is 23.2 Å². The molecule has 0 amide bonds. The van der Waals surface area contributed by atoms with Gasteiger partial charge in [-0.25, -0.2) is 0 Å². The van der Waals surface area contributed by atoms with Crippen LogP contribution in [0.1, 0.15) is 24.8 Å². The van der Waals surface area contributed by atoms with Gasteiger partial charge in [-0.05, 0) is 43.5 Å². The molecule has 2 aliphatic rings. The number of nitrogens with zero attached hydrogens (tertiary/aromatic N) is 1. The van der Waals surface area contributed by atoms with E-state index in [1.807, 2.05) is 18.2 Å². The number of halogens is 2. The Morgan fingerprint density at radius 2 is 2.00 bits per heavy atom. The average molecular weight is 286 g/mol. The van der Waals surface area contributed by atoms with Crippen molar-refractivity contribution in [2.24, 2.45) is 0 Å². The second-order valence-electron chi connectivity index (χ2n) is 5.42. The smallest absolute Gasteiger partial charge is 0.0855 e. The fraction of sp³-hybridized carbons (Fsp3) is 0.571. The van der Waals surface area contributed by atoms with E-state index in [0.29, 0.717) is 16.5 Å². The van der Waals surface area contributed by atoms with E-state index in [2.05, 4.69) is 4.90 Å². The summed E-state index contributed by atoms with van der Waals surface area (Å²) >= 11 is 12.4. The minimum Gasteiger partial charge on any atom is -0.388 e. The van der Waals surface area contributed by atoms with Gasteiger partial charge in [0.1, 0.15) is 0 Å². The van der Waals surface area contributed by atoms with Crippen molar-refractivity contribution >= 4 is 23.2 Å². The molecule has 2 unspecified atom stereocenters. The minimum absolute atomic E-state index is 0.282. The molecular weight excluding hydrogens is 269 g/mol. The third kappa shape index (κ3) is 2.05. The molecule has 18 heavy (non-hydrogen) atoms. The highest BCUT2D eigenvalue weighted by Crippen LogP contribution is 2.40. The van der Waals surface area contributed by atoms with Crippen molar-refractivity contribution in [3.05, 3.63) is 33.8 Å². The SMILES string of the molecule is OC1(Cc2c(Cl)cccc2Cl)CCN2CCCC21. The Hall–Kier alpha value is -0.280. The maximum atomic E-state index is 10.9. The first kappa shape index (κ1) is 12.7. The van der Waals surface area contributed by atoms with Crippen molar-refractivity contribution in [2.45, 2.75) is 37.3 Å². The zero-order chi connectivity index (χ0) is 12.8. The summed E-state index contributed by atoms with van der Waals surface area (Å²) in [6.45, 7) is 2.10. The van der Waals surface area contributed by atoms with Crippen LogP contribution < -0.4 is 0 Å². The van der Waals surface area contributed by atoms with Crippen molar-refractivity contribution in [3.8, 4) is 0 Å². The predicted molar refractivity (Wildman–Crippen MR) is 74.3 cm³/mol. The van der Waals surface area contributed by atoms with Crippen LogP contribution in [-0.4, -0.2) is 34.7 Å². The number of hydrogen-bond donors (Lipinski definition) is 1. The van der Waals surface area contributed by atoms with E-state index in [1.54, 1.807) is 0 Å². The van der Waals surface area contributed by atoms with Gasteiger partial charge in [0.25, 0.3) is 0 Å². The van der Waals surface area contributed by atoms with Gasteiger partial charge in [-0.2, -0.15) is 0 Å². The highest BCUT2D eigenvalue weighted by Gasteiger charge is 2.48. The van der Waals surface area contributed by atoms with Crippen LogP contribution in [0.3, 0.4) is 0 Å². The number of rotatable bonds is 2. The van der Waals surface area contributed by atoms with Crippen LogP contribution in [0.15, 0.2) is 18.2 Å². The zero-order valence-corrected chi connectivity index (χ0v) is 11.7. The molecule has 0 saturated carbocycles. The third-order valence-electron chi connectivity index (χ3n) is 4.36. The molecule has 0 radical (unpaired) electrons. The molecule has 2 nitrogen and oxygen atoms in total. The molecule has 2 atom stereocenters. The molecule has 1 N–H and O–H groups in total. The summed E-state index contributed by atoms with van der Waals surface area (Å²) < 4.78 is 0. The fourth-order valence-corrected chi connectivity index (χ4v) is 3.95. The molecule has 0 bridgehead atoms. The van der Waals surface area contributed by atoms with Crippen molar-refractivity contribution in [3.63, 3.8) is 0 Å². The summed E-state index contributed by atoms with van der Waals surface area (Å²) in [7, 11) is 0. The molecule has 1 aromatic rings. The molecule has 3 rings (SSSR count). The maximum absolute atomic E-state index is 10.9. The van der Waals surface area contributed by atoms with Gasteiger partial charge in [0, 0.05) is 29.1 Å². The van der Waals surface area contributed by atoms with Gasteiger partial charge in [0.05, 0.1) is 5.60 Å². The summed E-state index contributed by atoms with van der Waals surface area (Å²) in [4.78, 5) is 2.39. The molecule has 98 valence electrons. The highest BCUT2D eigenvalue weighted by atomic mass is 35.5. The van der Waals surface area contributed by atoms with Crippen LogP contribution in [0.25, 0.3) is 0 Å². The van der Waals surface area contributed by atoms with Gasteiger partial charge < -0.3 is 5.11 Å². The lowest BCUT2D eigenvalue weighted by molar-refractivity contribution is 0.0141. The monoisotopic (exact) mass is 285 g/mol. The number of hydrogen-bond acceptors (Lipinski definition) is 2. The van der Waals surface area contributed by atoms with Gasteiger partial charge >= 0.3 is 0 Å². The Balaban J connectivity index is 1.88. The Morgan fingerprint density at radius 1 is 1.28 bits per heavy atom. The Morgan fingerprint density at radius 3 is 2.72 bits per heavy atom.